The molecule has 0 radical (unpaired) electrons. The number of nitrogens with one attached hydrogen (secondary N) is 1. The van der Waals surface area contributed by atoms with E-state index in [1.165, 1.54) is 34.3 Å². The van der Waals surface area contributed by atoms with Crippen molar-refractivity contribution in [1.82, 2.24) is 10.2 Å². The fraction of sp³-hybridized carbons (Fsp3) is 0.556. The maximum atomic E-state index is 3.65. The van der Waals surface area contributed by atoms with Crippen LogP contribution in [0.2, 0.25) is 0 Å². The summed E-state index contributed by atoms with van der Waals surface area (Å²) in [6, 6.07) is 12.1. The molecule has 0 amide bonds. The van der Waals surface area contributed by atoms with Crippen molar-refractivity contribution in [2.75, 3.05) is 20.1 Å². The molecule has 2 nitrogen and oxygen atoms in total. The smallest absolute Gasteiger partial charge is 0.0386 e. The number of thiophene rings is 1. The molecular formula is C18H28N2S. The summed E-state index contributed by atoms with van der Waals surface area (Å²) < 4.78 is 1.39. The molecule has 1 unspecified atom stereocenters. The molecule has 0 saturated heterocycles. The van der Waals surface area contributed by atoms with E-state index in [1.807, 2.05) is 11.3 Å². The lowest BCUT2D eigenvalue weighted by Gasteiger charge is -2.21. The predicted octanol–water partition coefficient (Wildman–Crippen LogP) is 4.67. The molecule has 1 atom stereocenters. The summed E-state index contributed by atoms with van der Waals surface area (Å²) in [7, 11) is 2.21. The zero-order valence-corrected chi connectivity index (χ0v) is 14.5. The van der Waals surface area contributed by atoms with E-state index in [0.717, 1.165) is 6.54 Å². The van der Waals surface area contributed by atoms with E-state index in [0.29, 0.717) is 12.1 Å². The monoisotopic (exact) mass is 304 g/mol. The van der Waals surface area contributed by atoms with Gasteiger partial charge in [-0.05, 0) is 71.3 Å². The van der Waals surface area contributed by atoms with Gasteiger partial charge in [0.05, 0.1) is 0 Å². The minimum atomic E-state index is 0.449. The number of unbranched alkanes of at least 4 members (excludes halogenated alkanes) is 1. The minimum absolute atomic E-state index is 0.449. The summed E-state index contributed by atoms with van der Waals surface area (Å²) in [5, 5.41) is 5.02. The standard InChI is InChI=1S/C18H28N2S/c1-14(2)20(4)12-8-7-11-19-15(3)18-13-16-9-5-6-10-17(16)21-18/h5-6,9-10,13-15,19H,7-8,11-12H2,1-4H3. The summed E-state index contributed by atoms with van der Waals surface area (Å²) in [6.07, 6.45) is 2.51. The lowest BCUT2D eigenvalue weighted by molar-refractivity contribution is 0.267. The maximum Gasteiger partial charge on any atom is 0.0386 e. The van der Waals surface area contributed by atoms with Crippen molar-refractivity contribution in [1.29, 1.82) is 0 Å². The molecule has 1 heterocycles. The number of fused-ring (bicyclic) bond motifs is 1. The quantitative estimate of drug-likeness (QED) is 0.713. The molecule has 0 fully saturated rings. The third kappa shape index (κ3) is 4.80. The van der Waals surface area contributed by atoms with Crippen LogP contribution in [-0.4, -0.2) is 31.1 Å². The van der Waals surface area contributed by atoms with Crippen molar-refractivity contribution >= 4 is 21.4 Å². The fourth-order valence-corrected chi connectivity index (χ4v) is 3.47. The highest BCUT2D eigenvalue weighted by atomic mass is 32.1. The van der Waals surface area contributed by atoms with Gasteiger partial charge >= 0.3 is 0 Å². The predicted molar refractivity (Wildman–Crippen MR) is 95.2 cm³/mol. The zero-order valence-electron chi connectivity index (χ0n) is 13.7. The van der Waals surface area contributed by atoms with E-state index in [4.69, 9.17) is 0 Å². The van der Waals surface area contributed by atoms with Crippen LogP contribution in [0.1, 0.15) is 44.5 Å². The van der Waals surface area contributed by atoms with E-state index in [1.54, 1.807) is 0 Å². The Balaban J connectivity index is 1.73. The van der Waals surface area contributed by atoms with Gasteiger partial charge < -0.3 is 10.2 Å². The van der Waals surface area contributed by atoms with E-state index < -0.39 is 0 Å². The lowest BCUT2D eigenvalue weighted by atomic mass is 10.2. The van der Waals surface area contributed by atoms with Gasteiger partial charge in [0, 0.05) is 21.7 Å². The summed E-state index contributed by atoms with van der Waals surface area (Å²) in [4.78, 5) is 3.85. The second kappa shape index (κ2) is 7.92. The normalized spacial score (nSPS) is 13.4. The molecule has 2 aromatic rings. The average Bonchev–Trinajstić information content (AvgIpc) is 2.90. The van der Waals surface area contributed by atoms with E-state index >= 15 is 0 Å². The molecule has 116 valence electrons. The van der Waals surface area contributed by atoms with Crippen LogP contribution in [0, 0.1) is 0 Å². The van der Waals surface area contributed by atoms with Crippen LogP contribution in [0.15, 0.2) is 30.3 Å². The van der Waals surface area contributed by atoms with E-state index in [-0.39, 0.29) is 0 Å². The van der Waals surface area contributed by atoms with Crippen molar-refractivity contribution < 1.29 is 0 Å². The minimum Gasteiger partial charge on any atom is -0.309 e. The average molecular weight is 305 g/mol. The van der Waals surface area contributed by atoms with Crippen LogP contribution >= 0.6 is 11.3 Å². The molecule has 0 saturated carbocycles. The largest absolute Gasteiger partial charge is 0.309 e. The van der Waals surface area contributed by atoms with Crippen LogP contribution < -0.4 is 5.32 Å². The zero-order chi connectivity index (χ0) is 15.2. The Labute approximate surface area is 133 Å². The Hall–Kier alpha value is -0.900. The first-order valence-electron chi connectivity index (χ1n) is 8.00. The number of nitrogens with zero attached hydrogens (tertiary/aromatic N) is 1. The van der Waals surface area contributed by atoms with Gasteiger partial charge in [-0.2, -0.15) is 0 Å². The van der Waals surface area contributed by atoms with Gasteiger partial charge in [0.25, 0.3) is 0 Å². The van der Waals surface area contributed by atoms with E-state index in [9.17, 15) is 0 Å². The van der Waals surface area contributed by atoms with Crippen LogP contribution in [0.25, 0.3) is 10.1 Å². The maximum absolute atomic E-state index is 3.65. The number of hydrogen-bond acceptors (Lipinski definition) is 3. The Kier molecular flexibility index (Phi) is 6.22. The molecule has 1 aromatic heterocycles. The first kappa shape index (κ1) is 16.5. The number of rotatable bonds is 8. The Morgan fingerprint density at radius 1 is 1.14 bits per heavy atom. The van der Waals surface area contributed by atoms with E-state index in [2.05, 4.69) is 68.4 Å². The summed E-state index contributed by atoms with van der Waals surface area (Å²) in [6.45, 7) is 9.06. The SMILES string of the molecule is CC(NCCCCN(C)C(C)C)c1cc2ccccc2s1. The number of hydrogen-bond donors (Lipinski definition) is 1. The fourth-order valence-electron chi connectivity index (χ4n) is 2.38. The third-order valence-electron chi connectivity index (χ3n) is 4.14. The van der Waals surface area contributed by atoms with Gasteiger partial charge in [-0.15, -0.1) is 11.3 Å². The highest BCUT2D eigenvalue weighted by Crippen LogP contribution is 2.29. The van der Waals surface area contributed by atoms with Crippen molar-refractivity contribution in [3.63, 3.8) is 0 Å². The third-order valence-corrected chi connectivity index (χ3v) is 5.44. The second-order valence-corrected chi connectivity index (χ2v) is 7.26. The van der Waals surface area contributed by atoms with Gasteiger partial charge in [-0.1, -0.05) is 18.2 Å². The lowest BCUT2D eigenvalue weighted by Crippen LogP contribution is -2.28. The molecule has 1 N–H and O–H groups in total. The van der Waals surface area contributed by atoms with Crippen LogP contribution in [0.3, 0.4) is 0 Å². The molecule has 0 spiro atoms. The Morgan fingerprint density at radius 2 is 1.90 bits per heavy atom. The first-order chi connectivity index (χ1) is 10.1. The van der Waals surface area contributed by atoms with Gasteiger partial charge in [0.1, 0.15) is 0 Å². The molecule has 0 bridgehead atoms. The van der Waals surface area contributed by atoms with Crippen LogP contribution in [0.5, 0.6) is 0 Å². The van der Waals surface area contributed by atoms with Crippen molar-refractivity contribution in [2.24, 2.45) is 0 Å². The molecule has 1 aromatic carbocycles. The van der Waals surface area contributed by atoms with Crippen LogP contribution in [0.4, 0.5) is 0 Å². The Bertz CT molecular complexity index is 514. The molecule has 0 aliphatic rings. The summed E-state index contributed by atoms with van der Waals surface area (Å²) >= 11 is 1.91. The molecular weight excluding hydrogens is 276 g/mol. The van der Waals surface area contributed by atoms with Gasteiger partial charge in [-0.25, -0.2) is 0 Å². The van der Waals surface area contributed by atoms with Crippen LogP contribution in [-0.2, 0) is 0 Å². The Morgan fingerprint density at radius 3 is 2.62 bits per heavy atom. The highest BCUT2D eigenvalue weighted by molar-refractivity contribution is 7.19. The van der Waals surface area contributed by atoms with Gasteiger partial charge in [0.15, 0.2) is 0 Å². The van der Waals surface area contributed by atoms with Crippen molar-refractivity contribution in [3.8, 4) is 0 Å². The van der Waals surface area contributed by atoms with Crippen molar-refractivity contribution in [2.45, 2.75) is 45.7 Å². The molecule has 0 aliphatic heterocycles. The molecule has 0 aliphatic carbocycles. The summed E-state index contributed by atoms with van der Waals surface area (Å²) in [5.74, 6) is 0. The highest BCUT2D eigenvalue weighted by Gasteiger charge is 2.08. The van der Waals surface area contributed by atoms with Gasteiger partial charge in [0.2, 0.25) is 0 Å². The molecule has 3 heteroatoms. The van der Waals surface area contributed by atoms with Crippen molar-refractivity contribution in [3.05, 3.63) is 35.2 Å². The van der Waals surface area contributed by atoms with Gasteiger partial charge in [-0.3, -0.25) is 0 Å². The molecule has 2 rings (SSSR count). The topological polar surface area (TPSA) is 15.3 Å². The second-order valence-electron chi connectivity index (χ2n) is 6.14. The summed E-state index contributed by atoms with van der Waals surface area (Å²) in [5.41, 5.74) is 0. The first-order valence-corrected chi connectivity index (χ1v) is 8.81. The number of benzene rings is 1. The molecule has 21 heavy (non-hydrogen) atoms.